The van der Waals surface area contributed by atoms with Gasteiger partial charge in [0.15, 0.2) is 0 Å². The van der Waals surface area contributed by atoms with E-state index in [-0.39, 0.29) is 5.91 Å². The fourth-order valence-electron chi connectivity index (χ4n) is 1.89. The molecular weight excluding hydrogens is 322 g/mol. The zero-order valence-corrected chi connectivity index (χ0v) is 10.6. The van der Waals surface area contributed by atoms with Crippen molar-refractivity contribution in [3.05, 3.63) is 38.8 Å². The average molecular weight is 327 g/mol. The van der Waals surface area contributed by atoms with Crippen molar-refractivity contribution in [3.63, 3.8) is 0 Å². The number of hydrogen-bond donors (Lipinski definition) is 1. The SMILES string of the molecule is O=C1Nc2c(Br)cc(Br)c3cccc1c23. The van der Waals surface area contributed by atoms with E-state index in [2.05, 4.69) is 37.2 Å². The number of hydrogen-bond acceptors (Lipinski definition) is 1. The first-order valence-corrected chi connectivity index (χ1v) is 5.99. The van der Waals surface area contributed by atoms with Crippen LogP contribution in [0.1, 0.15) is 10.4 Å². The summed E-state index contributed by atoms with van der Waals surface area (Å²) in [6.45, 7) is 0. The topological polar surface area (TPSA) is 29.1 Å². The van der Waals surface area contributed by atoms with Gasteiger partial charge < -0.3 is 5.32 Å². The number of rotatable bonds is 0. The minimum Gasteiger partial charge on any atom is -0.320 e. The van der Waals surface area contributed by atoms with Gasteiger partial charge in [0.05, 0.1) is 5.69 Å². The Bertz CT molecular complexity index is 607. The van der Waals surface area contributed by atoms with Crippen molar-refractivity contribution in [1.82, 2.24) is 0 Å². The molecular formula is C11H5Br2NO. The van der Waals surface area contributed by atoms with Crippen molar-refractivity contribution in [3.8, 4) is 0 Å². The summed E-state index contributed by atoms with van der Waals surface area (Å²) in [4.78, 5) is 11.7. The van der Waals surface area contributed by atoms with Gasteiger partial charge in [-0.05, 0) is 33.4 Å². The molecule has 0 atom stereocenters. The van der Waals surface area contributed by atoms with Gasteiger partial charge in [-0.1, -0.05) is 28.1 Å². The van der Waals surface area contributed by atoms with E-state index in [0.29, 0.717) is 0 Å². The number of anilines is 1. The molecule has 1 amide bonds. The number of amides is 1. The Morgan fingerprint density at radius 1 is 1.13 bits per heavy atom. The van der Waals surface area contributed by atoms with Crippen molar-refractivity contribution in [2.75, 3.05) is 5.32 Å². The smallest absolute Gasteiger partial charge is 0.256 e. The van der Waals surface area contributed by atoms with E-state index < -0.39 is 0 Å². The van der Waals surface area contributed by atoms with Crippen LogP contribution in [0.15, 0.2) is 33.2 Å². The Morgan fingerprint density at radius 3 is 2.73 bits per heavy atom. The molecule has 1 N–H and O–H groups in total. The summed E-state index contributed by atoms with van der Waals surface area (Å²) in [6.07, 6.45) is 0. The number of carbonyl (C=O) groups excluding carboxylic acids is 1. The van der Waals surface area contributed by atoms with Crippen LogP contribution in [0.3, 0.4) is 0 Å². The zero-order valence-electron chi connectivity index (χ0n) is 7.47. The third-order valence-corrected chi connectivity index (χ3v) is 3.83. The molecule has 1 heterocycles. The van der Waals surface area contributed by atoms with Crippen molar-refractivity contribution in [1.29, 1.82) is 0 Å². The standard InChI is InChI=1S/C11H5Br2NO/c12-7-4-8(13)10-9-5(7)2-1-3-6(9)11(15)14-10/h1-4H,(H,14,15). The van der Waals surface area contributed by atoms with Crippen molar-refractivity contribution in [2.24, 2.45) is 0 Å². The van der Waals surface area contributed by atoms with Crippen LogP contribution in [-0.4, -0.2) is 5.91 Å². The van der Waals surface area contributed by atoms with Crippen LogP contribution in [0.5, 0.6) is 0 Å². The Kier molecular flexibility index (Phi) is 1.91. The highest BCUT2D eigenvalue weighted by Crippen LogP contribution is 2.41. The van der Waals surface area contributed by atoms with E-state index in [1.807, 2.05) is 24.3 Å². The molecule has 0 saturated heterocycles. The van der Waals surface area contributed by atoms with Gasteiger partial charge in [0.2, 0.25) is 0 Å². The first-order chi connectivity index (χ1) is 7.18. The Labute approximate surface area is 103 Å². The van der Waals surface area contributed by atoms with Crippen molar-refractivity contribution < 1.29 is 4.79 Å². The van der Waals surface area contributed by atoms with Crippen LogP contribution in [-0.2, 0) is 0 Å². The molecule has 2 aromatic rings. The molecule has 2 aromatic carbocycles. The summed E-state index contributed by atoms with van der Waals surface area (Å²) in [7, 11) is 0. The molecule has 0 spiro atoms. The van der Waals surface area contributed by atoms with Gasteiger partial charge in [0, 0.05) is 19.9 Å². The molecule has 1 aliphatic rings. The molecule has 0 fully saturated rings. The van der Waals surface area contributed by atoms with E-state index in [1.54, 1.807) is 0 Å². The molecule has 4 heteroatoms. The second-order valence-electron chi connectivity index (χ2n) is 3.40. The molecule has 0 unspecified atom stereocenters. The molecule has 0 saturated carbocycles. The number of carbonyl (C=O) groups is 1. The maximum absolute atomic E-state index is 11.7. The number of halogens is 2. The lowest BCUT2D eigenvalue weighted by Gasteiger charge is -2.04. The van der Waals surface area contributed by atoms with Crippen molar-refractivity contribution in [2.45, 2.75) is 0 Å². The van der Waals surface area contributed by atoms with Crippen LogP contribution < -0.4 is 5.32 Å². The monoisotopic (exact) mass is 325 g/mol. The summed E-state index contributed by atoms with van der Waals surface area (Å²) in [5.74, 6) is -0.0330. The maximum atomic E-state index is 11.7. The summed E-state index contributed by atoms with van der Waals surface area (Å²) >= 11 is 6.94. The van der Waals surface area contributed by atoms with Crippen LogP contribution in [0, 0.1) is 0 Å². The van der Waals surface area contributed by atoms with E-state index in [1.165, 1.54) is 0 Å². The molecule has 0 aliphatic carbocycles. The molecule has 3 rings (SSSR count). The minimum absolute atomic E-state index is 0.0330. The lowest BCUT2D eigenvalue weighted by molar-refractivity contribution is 0.103. The zero-order chi connectivity index (χ0) is 10.6. The van der Waals surface area contributed by atoms with E-state index in [4.69, 9.17) is 0 Å². The minimum atomic E-state index is -0.0330. The normalized spacial score (nSPS) is 13.3. The molecule has 15 heavy (non-hydrogen) atoms. The summed E-state index contributed by atoms with van der Waals surface area (Å²) in [6, 6.07) is 7.68. The van der Waals surface area contributed by atoms with Crippen LogP contribution in [0.25, 0.3) is 10.8 Å². The second kappa shape index (κ2) is 3.06. The summed E-state index contributed by atoms with van der Waals surface area (Å²) in [5.41, 5.74) is 1.61. The first-order valence-electron chi connectivity index (χ1n) is 4.40. The fraction of sp³-hybridized carbons (Fsp3) is 0. The van der Waals surface area contributed by atoms with Crippen molar-refractivity contribution >= 4 is 54.2 Å². The van der Waals surface area contributed by atoms with Gasteiger partial charge in [-0.2, -0.15) is 0 Å². The molecule has 74 valence electrons. The van der Waals surface area contributed by atoms with Crippen LogP contribution in [0.2, 0.25) is 0 Å². The third-order valence-electron chi connectivity index (χ3n) is 2.55. The van der Waals surface area contributed by atoms with E-state index in [9.17, 15) is 4.79 Å². The Morgan fingerprint density at radius 2 is 1.93 bits per heavy atom. The predicted octanol–water partition coefficient (Wildman–Crippen LogP) is 3.93. The van der Waals surface area contributed by atoms with Crippen LogP contribution >= 0.6 is 31.9 Å². The predicted molar refractivity (Wildman–Crippen MR) is 67.3 cm³/mol. The molecule has 0 aromatic heterocycles. The average Bonchev–Trinajstić information content (AvgIpc) is 2.55. The number of nitrogens with one attached hydrogen (secondary N) is 1. The molecule has 0 bridgehead atoms. The molecule has 2 nitrogen and oxygen atoms in total. The first kappa shape index (κ1) is 9.36. The van der Waals surface area contributed by atoms with Gasteiger partial charge in [-0.25, -0.2) is 0 Å². The van der Waals surface area contributed by atoms with E-state index in [0.717, 1.165) is 31.0 Å². The maximum Gasteiger partial charge on any atom is 0.256 e. The van der Waals surface area contributed by atoms with Gasteiger partial charge in [-0.3, -0.25) is 4.79 Å². The third kappa shape index (κ3) is 1.18. The van der Waals surface area contributed by atoms with E-state index >= 15 is 0 Å². The highest BCUT2D eigenvalue weighted by atomic mass is 79.9. The second-order valence-corrected chi connectivity index (χ2v) is 5.11. The summed E-state index contributed by atoms with van der Waals surface area (Å²) in [5, 5.41) is 4.91. The highest BCUT2D eigenvalue weighted by molar-refractivity contribution is 9.11. The highest BCUT2D eigenvalue weighted by Gasteiger charge is 2.24. The van der Waals surface area contributed by atoms with Gasteiger partial charge in [0.1, 0.15) is 0 Å². The van der Waals surface area contributed by atoms with Gasteiger partial charge in [0.25, 0.3) is 5.91 Å². The molecule has 0 radical (unpaired) electrons. The largest absolute Gasteiger partial charge is 0.320 e. The fourth-order valence-corrected chi connectivity index (χ4v) is 3.29. The summed E-state index contributed by atoms with van der Waals surface area (Å²) < 4.78 is 1.90. The molecule has 1 aliphatic heterocycles. The van der Waals surface area contributed by atoms with Crippen LogP contribution in [0.4, 0.5) is 5.69 Å². The van der Waals surface area contributed by atoms with Gasteiger partial charge in [-0.15, -0.1) is 0 Å². The quantitative estimate of drug-likeness (QED) is 0.780. The Hall–Kier alpha value is -0.870. The number of benzene rings is 2. The van der Waals surface area contributed by atoms with Gasteiger partial charge >= 0.3 is 0 Å². The lowest BCUT2D eigenvalue weighted by Crippen LogP contribution is -2.04. The Balaban J connectivity index is 2.60. The lowest BCUT2D eigenvalue weighted by atomic mass is 10.1.